The lowest BCUT2D eigenvalue weighted by Crippen LogP contribution is -2.38. The van der Waals surface area contributed by atoms with Gasteiger partial charge in [-0.05, 0) is 49.1 Å². The van der Waals surface area contributed by atoms with Crippen LogP contribution in [0.15, 0.2) is 11.4 Å². The van der Waals surface area contributed by atoms with Crippen molar-refractivity contribution >= 4 is 33.2 Å². The fourth-order valence-electron chi connectivity index (χ4n) is 2.57. The lowest BCUT2D eigenvalue weighted by Gasteiger charge is -2.24. The Morgan fingerprint density at radius 1 is 1.67 bits per heavy atom. The Hall–Kier alpha value is -0.350. The molecule has 0 saturated heterocycles. The van der Waals surface area contributed by atoms with Crippen LogP contribution in [0.5, 0.6) is 0 Å². The molecule has 0 radical (unpaired) electrons. The lowest BCUT2D eigenvalue weighted by molar-refractivity contribution is -0.123. The fourth-order valence-corrected chi connectivity index (χ4v) is 4.11. The highest BCUT2D eigenvalue weighted by Crippen LogP contribution is 2.35. The van der Waals surface area contributed by atoms with Gasteiger partial charge in [-0.1, -0.05) is 22.9 Å². The first-order chi connectivity index (χ1) is 8.76. The number of nitrogens with one attached hydrogen (secondary N) is 1. The monoisotopic (exact) mass is 329 g/mol. The Balaban J connectivity index is 2.02. The second kappa shape index (κ2) is 6.71. The fraction of sp³-hybridized carbons (Fsp3) is 0.643. The first-order valence-electron chi connectivity index (χ1n) is 6.68. The van der Waals surface area contributed by atoms with Gasteiger partial charge in [0.2, 0.25) is 5.91 Å². The van der Waals surface area contributed by atoms with Gasteiger partial charge in [0.15, 0.2) is 0 Å². The minimum absolute atomic E-state index is 0.0874. The molecule has 18 heavy (non-hydrogen) atoms. The smallest absolute Gasteiger partial charge is 0.227 e. The first-order valence-corrected chi connectivity index (χ1v) is 8.69. The molecule has 1 aromatic heterocycles. The summed E-state index contributed by atoms with van der Waals surface area (Å²) in [6, 6.07) is 2.44. The molecule has 1 aliphatic rings. The zero-order valence-corrected chi connectivity index (χ0v) is 13.1. The lowest BCUT2D eigenvalue weighted by atomic mass is 9.87. The molecule has 1 aromatic rings. The minimum atomic E-state index is 0.0874. The molecule has 100 valence electrons. The second-order valence-corrected chi connectivity index (χ2v) is 6.63. The average molecular weight is 330 g/mol. The van der Waals surface area contributed by atoms with E-state index in [4.69, 9.17) is 0 Å². The molecule has 0 fully saturated rings. The predicted molar refractivity (Wildman–Crippen MR) is 80.6 cm³/mol. The molecule has 0 aromatic carbocycles. The van der Waals surface area contributed by atoms with Crippen molar-refractivity contribution in [2.45, 2.75) is 51.0 Å². The van der Waals surface area contributed by atoms with Gasteiger partial charge in [-0.15, -0.1) is 11.3 Å². The second-order valence-electron chi connectivity index (χ2n) is 4.84. The summed E-state index contributed by atoms with van der Waals surface area (Å²) in [4.78, 5) is 13.8. The summed E-state index contributed by atoms with van der Waals surface area (Å²) in [7, 11) is 0. The molecule has 0 bridgehead atoms. The zero-order chi connectivity index (χ0) is 13.0. The van der Waals surface area contributed by atoms with Gasteiger partial charge in [-0.25, -0.2) is 0 Å². The van der Waals surface area contributed by atoms with E-state index in [0.29, 0.717) is 6.04 Å². The van der Waals surface area contributed by atoms with Crippen LogP contribution in [0.4, 0.5) is 0 Å². The van der Waals surface area contributed by atoms with Crippen molar-refractivity contribution in [1.29, 1.82) is 0 Å². The number of hydrogen-bond donors (Lipinski definition) is 1. The van der Waals surface area contributed by atoms with E-state index in [9.17, 15) is 4.79 Å². The van der Waals surface area contributed by atoms with E-state index >= 15 is 0 Å². The highest BCUT2D eigenvalue weighted by atomic mass is 79.9. The summed E-state index contributed by atoms with van der Waals surface area (Å²) >= 11 is 5.24. The van der Waals surface area contributed by atoms with Crippen LogP contribution in [0.1, 0.15) is 49.0 Å². The highest BCUT2D eigenvalue weighted by molar-refractivity contribution is 9.09. The van der Waals surface area contributed by atoms with Gasteiger partial charge in [0.05, 0.1) is 5.92 Å². The van der Waals surface area contributed by atoms with E-state index in [2.05, 4.69) is 39.6 Å². The number of carbonyl (C=O) groups is 1. The Kier molecular flexibility index (Phi) is 5.25. The van der Waals surface area contributed by atoms with Crippen LogP contribution in [-0.4, -0.2) is 17.3 Å². The average Bonchev–Trinajstić information content (AvgIpc) is 2.85. The van der Waals surface area contributed by atoms with E-state index in [0.717, 1.165) is 37.4 Å². The summed E-state index contributed by atoms with van der Waals surface area (Å²) in [5.74, 6) is 0.312. The highest BCUT2D eigenvalue weighted by Gasteiger charge is 2.28. The summed E-state index contributed by atoms with van der Waals surface area (Å²) in [6.07, 6.45) is 5.29. The number of alkyl halides is 1. The maximum atomic E-state index is 12.4. The number of halogens is 1. The van der Waals surface area contributed by atoms with Gasteiger partial charge in [-0.3, -0.25) is 4.79 Å². The van der Waals surface area contributed by atoms with Crippen molar-refractivity contribution < 1.29 is 4.79 Å². The third kappa shape index (κ3) is 3.15. The van der Waals surface area contributed by atoms with E-state index < -0.39 is 0 Å². The summed E-state index contributed by atoms with van der Waals surface area (Å²) in [5.41, 5.74) is 1.28. The zero-order valence-electron chi connectivity index (χ0n) is 10.7. The number of amides is 1. The van der Waals surface area contributed by atoms with Crippen molar-refractivity contribution in [3.05, 3.63) is 21.9 Å². The van der Waals surface area contributed by atoms with Gasteiger partial charge in [-0.2, -0.15) is 0 Å². The number of hydrogen-bond acceptors (Lipinski definition) is 2. The van der Waals surface area contributed by atoms with E-state index in [1.54, 1.807) is 11.3 Å². The standard InChI is InChI=1S/C14H20BrNOS/c1-2-10(6-8-15)16-14(17)12-4-3-5-13-11(12)7-9-18-13/h7,9-10,12H,2-6,8H2,1H3,(H,16,17). The van der Waals surface area contributed by atoms with Gasteiger partial charge in [0.1, 0.15) is 0 Å². The normalized spacial score (nSPS) is 20.2. The third-order valence-electron chi connectivity index (χ3n) is 3.67. The molecule has 2 nitrogen and oxygen atoms in total. The van der Waals surface area contributed by atoms with Crippen LogP contribution in [0.2, 0.25) is 0 Å². The molecular formula is C14H20BrNOS. The van der Waals surface area contributed by atoms with Crippen LogP contribution in [0.3, 0.4) is 0 Å². The van der Waals surface area contributed by atoms with E-state index in [1.165, 1.54) is 10.4 Å². The SMILES string of the molecule is CCC(CCBr)NC(=O)C1CCCc2sccc21. The molecule has 1 amide bonds. The van der Waals surface area contributed by atoms with Crippen molar-refractivity contribution in [2.75, 3.05) is 5.33 Å². The summed E-state index contributed by atoms with van der Waals surface area (Å²) < 4.78 is 0. The Bertz CT molecular complexity index is 404. The maximum absolute atomic E-state index is 12.4. The molecule has 0 aliphatic heterocycles. The number of rotatable bonds is 5. The van der Waals surface area contributed by atoms with Crippen LogP contribution >= 0.6 is 27.3 Å². The molecule has 1 aliphatic carbocycles. The van der Waals surface area contributed by atoms with Crippen LogP contribution < -0.4 is 5.32 Å². The van der Waals surface area contributed by atoms with E-state index in [-0.39, 0.29) is 11.8 Å². The summed E-state index contributed by atoms with van der Waals surface area (Å²) in [5, 5.41) is 6.27. The van der Waals surface area contributed by atoms with Crippen LogP contribution in [-0.2, 0) is 11.2 Å². The van der Waals surface area contributed by atoms with Gasteiger partial charge < -0.3 is 5.32 Å². The van der Waals surface area contributed by atoms with Crippen molar-refractivity contribution in [1.82, 2.24) is 5.32 Å². The molecule has 4 heteroatoms. The van der Waals surface area contributed by atoms with Crippen LogP contribution in [0.25, 0.3) is 0 Å². The quantitative estimate of drug-likeness (QED) is 0.817. The molecular weight excluding hydrogens is 310 g/mol. The van der Waals surface area contributed by atoms with Crippen molar-refractivity contribution in [2.24, 2.45) is 0 Å². The molecule has 0 saturated carbocycles. The molecule has 1 heterocycles. The van der Waals surface area contributed by atoms with Gasteiger partial charge in [0, 0.05) is 16.2 Å². The number of aryl methyl sites for hydroxylation is 1. The van der Waals surface area contributed by atoms with Gasteiger partial charge >= 0.3 is 0 Å². The van der Waals surface area contributed by atoms with Crippen LogP contribution in [0, 0.1) is 0 Å². The largest absolute Gasteiger partial charge is 0.353 e. The van der Waals surface area contributed by atoms with Crippen molar-refractivity contribution in [3.8, 4) is 0 Å². The molecule has 2 rings (SSSR count). The Labute approximate surface area is 121 Å². The Morgan fingerprint density at radius 2 is 2.50 bits per heavy atom. The minimum Gasteiger partial charge on any atom is -0.353 e. The topological polar surface area (TPSA) is 29.1 Å². The number of fused-ring (bicyclic) bond motifs is 1. The molecule has 1 N–H and O–H groups in total. The number of thiophene rings is 1. The third-order valence-corrected chi connectivity index (χ3v) is 5.12. The Morgan fingerprint density at radius 3 is 3.22 bits per heavy atom. The van der Waals surface area contributed by atoms with Crippen molar-refractivity contribution in [3.63, 3.8) is 0 Å². The molecule has 0 spiro atoms. The predicted octanol–water partition coefficient (Wildman–Crippen LogP) is 3.85. The van der Waals surface area contributed by atoms with E-state index in [1.807, 2.05) is 0 Å². The molecule has 2 unspecified atom stereocenters. The first kappa shape index (κ1) is 14.1. The molecule has 2 atom stereocenters. The summed E-state index contributed by atoms with van der Waals surface area (Å²) in [6.45, 7) is 2.13. The van der Waals surface area contributed by atoms with Gasteiger partial charge in [0.25, 0.3) is 0 Å². The number of carbonyl (C=O) groups excluding carboxylic acids is 1. The maximum Gasteiger partial charge on any atom is 0.227 e.